The van der Waals surface area contributed by atoms with Gasteiger partial charge >= 0.3 is 0 Å². The predicted molar refractivity (Wildman–Crippen MR) is 74.8 cm³/mol. The highest BCUT2D eigenvalue weighted by Crippen LogP contribution is 2.16. The van der Waals surface area contributed by atoms with Crippen LogP contribution in [0.4, 0.5) is 0 Å². The number of benzene rings is 1. The van der Waals surface area contributed by atoms with Crippen LogP contribution in [0.2, 0.25) is 5.02 Å². The summed E-state index contributed by atoms with van der Waals surface area (Å²) in [7, 11) is 0. The van der Waals surface area contributed by atoms with E-state index in [1.165, 1.54) is 5.56 Å². The number of halogens is 1. The normalized spacial score (nSPS) is 12.6. The second kappa shape index (κ2) is 6.03. The zero-order valence-corrected chi connectivity index (χ0v) is 11.5. The lowest BCUT2D eigenvalue weighted by Gasteiger charge is -2.14. The van der Waals surface area contributed by atoms with Gasteiger partial charge in [0.1, 0.15) is 5.82 Å². The molecular weight excluding hydrogens is 246 g/mol. The molecule has 0 aliphatic carbocycles. The van der Waals surface area contributed by atoms with E-state index in [1.54, 1.807) is 0 Å². The third-order valence-electron chi connectivity index (χ3n) is 2.88. The van der Waals surface area contributed by atoms with Crippen molar-refractivity contribution >= 4 is 11.6 Å². The highest BCUT2D eigenvalue weighted by Gasteiger charge is 2.06. The van der Waals surface area contributed by atoms with E-state index in [0.717, 1.165) is 29.5 Å². The van der Waals surface area contributed by atoms with Gasteiger partial charge < -0.3 is 10.3 Å². The van der Waals surface area contributed by atoms with Gasteiger partial charge in [-0.3, -0.25) is 0 Å². The van der Waals surface area contributed by atoms with Crippen LogP contribution < -0.4 is 5.32 Å². The van der Waals surface area contributed by atoms with E-state index in [4.69, 9.17) is 11.6 Å². The summed E-state index contributed by atoms with van der Waals surface area (Å²) in [6, 6.07) is 8.35. The SMILES string of the molecule is Cc1ncc(CNC(C)Cc2ccccc2Cl)[nH]1. The molecule has 0 saturated carbocycles. The molecule has 0 amide bonds. The van der Waals surface area contributed by atoms with Crippen molar-refractivity contribution in [2.24, 2.45) is 0 Å². The summed E-state index contributed by atoms with van der Waals surface area (Å²) < 4.78 is 0. The van der Waals surface area contributed by atoms with Crippen molar-refractivity contribution in [3.05, 3.63) is 52.6 Å². The lowest BCUT2D eigenvalue weighted by atomic mass is 10.1. The second-order valence-electron chi connectivity index (χ2n) is 4.57. The topological polar surface area (TPSA) is 40.7 Å². The van der Waals surface area contributed by atoms with Gasteiger partial charge in [0.15, 0.2) is 0 Å². The Balaban J connectivity index is 1.85. The van der Waals surface area contributed by atoms with Crippen LogP contribution in [0.1, 0.15) is 24.0 Å². The molecule has 1 unspecified atom stereocenters. The zero-order chi connectivity index (χ0) is 13.0. The maximum atomic E-state index is 6.14. The first-order valence-electron chi connectivity index (χ1n) is 6.12. The molecular formula is C14H18ClN3. The summed E-state index contributed by atoms with van der Waals surface area (Å²) in [4.78, 5) is 7.38. The zero-order valence-electron chi connectivity index (χ0n) is 10.7. The second-order valence-corrected chi connectivity index (χ2v) is 4.98. The van der Waals surface area contributed by atoms with Crippen molar-refractivity contribution in [2.75, 3.05) is 0 Å². The van der Waals surface area contributed by atoms with Crippen LogP contribution in [0.15, 0.2) is 30.5 Å². The lowest BCUT2D eigenvalue weighted by molar-refractivity contribution is 0.541. The fourth-order valence-corrected chi connectivity index (χ4v) is 2.12. The average Bonchev–Trinajstić information content (AvgIpc) is 2.76. The van der Waals surface area contributed by atoms with Crippen molar-refractivity contribution < 1.29 is 0 Å². The van der Waals surface area contributed by atoms with Crippen LogP contribution >= 0.6 is 11.6 Å². The first-order chi connectivity index (χ1) is 8.65. The summed E-state index contributed by atoms with van der Waals surface area (Å²) in [5.41, 5.74) is 2.29. The van der Waals surface area contributed by atoms with Gasteiger partial charge in [0.2, 0.25) is 0 Å². The molecule has 2 N–H and O–H groups in total. The summed E-state index contributed by atoms with van der Waals surface area (Å²) >= 11 is 6.14. The molecule has 1 aromatic heterocycles. The lowest BCUT2D eigenvalue weighted by Crippen LogP contribution is -2.27. The number of H-pyrrole nitrogens is 1. The molecule has 3 nitrogen and oxygen atoms in total. The number of hydrogen-bond acceptors (Lipinski definition) is 2. The van der Waals surface area contributed by atoms with Crippen LogP contribution in [-0.4, -0.2) is 16.0 Å². The van der Waals surface area contributed by atoms with E-state index in [0.29, 0.717) is 6.04 Å². The van der Waals surface area contributed by atoms with Gasteiger partial charge in [-0.25, -0.2) is 4.98 Å². The van der Waals surface area contributed by atoms with E-state index >= 15 is 0 Å². The molecule has 1 aromatic carbocycles. The Morgan fingerprint density at radius 3 is 2.83 bits per heavy atom. The minimum Gasteiger partial charge on any atom is -0.345 e. The van der Waals surface area contributed by atoms with Gasteiger partial charge in [0, 0.05) is 29.5 Å². The van der Waals surface area contributed by atoms with E-state index < -0.39 is 0 Å². The molecule has 4 heteroatoms. The highest BCUT2D eigenvalue weighted by atomic mass is 35.5. The maximum absolute atomic E-state index is 6.14. The molecule has 18 heavy (non-hydrogen) atoms. The quantitative estimate of drug-likeness (QED) is 0.870. The first kappa shape index (κ1) is 13.1. The fraction of sp³-hybridized carbons (Fsp3) is 0.357. The molecule has 0 aliphatic rings. The summed E-state index contributed by atoms with van der Waals surface area (Å²) in [6.07, 6.45) is 2.79. The number of aryl methyl sites for hydroxylation is 1. The number of nitrogens with zero attached hydrogens (tertiary/aromatic N) is 1. The van der Waals surface area contributed by atoms with Gasteiger partial charge in [0.25, 0.3) is 0 Å². The molecule has 1 atom stereocenters. The molecule has 96 valence electrons. The minimum atomic E-state index is 0.369. The Bertz CT molecular complexity index is 507. The maximum Gasteiger partial charge on any atom is 0.103 e. The van der Waals surface area contributed by atoms with Crippen molar-refractivity contribution in [1.29, 1.82) is 0 Å². The summed E-state index contributed by atoms with van der Waals surface area (Å²) in [5.74, 6) is 0.950. The van der Waals surface area contributed by atoms with Crippen molar-refractivity contribution in [3.8, 4) is 0 Å². The average molecular weight is 264 g/mol. The Kier molecular flexibility index (Phi) is 4.39. The van der Waals surface area contributed by atoms with Gasteiger partial charge in [0.05, 0.1) is 0 Å². The van der Waals surface area contributed by atoms with E-state index in [1.807, 2.05) is 31.3 Å². The number of hydrogen-bond donors (Lipinski definition) is 2. The minimum absolute atomic E-state index is 0.369. The Hall–Kier alpha value is -1.32. The molecule has 0 bridgehead atoms. The number of aromatic nitrogens is 2. The predicted octanol–water partition coefficient (Wildman–Crippen LogP) is 3.09. The Morgan fingerprint density at radius 1 is 1.39 bits per heavy atom. The van der Waals surface area contributed by atoms with Gasteiger partial charge in [-0.2, -0.15) is 0 Å². The summed E-state index contributed by atoms with van der Waals surface area (Å²) in [6.45, 7) is 4.91. The Morgan fingerprint density at radius 2 is 2.17 bits per heavy atom. The summed E-state index contributed by atoms with van der Waals surface area (Å²) in [5, 5.41) is 4.29. The monoisotopic (exact) mass is 263 g/mol. The van der Waals surface area contributed by atoms with Crippen LogP contribution in [0.5, 0.6) is 0 Å². The number of imidazole rings is 1. The number of aromatic amines is 1. The van der Waals surface area contributed by atoms with Crippen LogP contribution in [0, 0.1) is 6.92 Å². The molecule has 2 aromatic rings. The molecule has 1 heterocycles. The largest absolute Gasteiger partial charge is 0.345 e. The standard InChI is InChI=1S/C14H18ClN3/c1-10(7-12-5-3-4-6-14(12)15)16-8-13-9-17-11(2)18-13/h3-6,9-10,16H,7-8H2,1-2H3,(H,17,18). The van der Waals surface area contributed by atoms with Crippen molar-refractivity contribution in [3.63, 3.8) is 0 Å². The third-order valence-corrected chi connectivity index (χ3v) is 3.25. The van der Waals surface area contributed by atoms with Crippen LogP contribution in [0.3, 0.4) is 0 Å². The van der Waals surface area contributed by atoms with Gasteiger partial charge in [-0.05, 0) is 31.9 Å². The fourth-order valence-electron chi connectivity index (χ4n) is 1.91. The molecule has 0 fully saturated rings. The Labute approximate surface area is 113 Å². The number of nitrogens with one attached hydrogen (secondary N) is 2. The van der Waals surface area contributed by atoms with Gasteiger partial charge in [-0.1, -0.05) is 29.8 Å². The van der Waals surface area contributed by atoms with Crippen LogP contribution in [-0.2, 0) is 13.0 Å². The van der Waals surface area contributed by atoms with E-state index in [-0.39, 0.29) is 0 Å². The number of rotatable bonds is 5. The third kappa shape index (κ3) is 3.59. The van der Waals surface area contributed by atoms with Crippen molar-refractivity contribution in [1.82, 2.24) is 15.3 Å². The van der Waals surface area contributed by atoms with E-state index in [9.17, 15) is 0 Å². The van der Waals surface area contributed by atoms with Crippen LogP contribution in [0.25, 0.3) is 0 Å². The molecule has 2 rings (SSSR count). The molecule has 0 saturated heterocycles. The van der Waals surface area contributed by atoms with Crippen molar-refractivity contribution in [2.45, 2.75) is 32.9 Å². The first-order valence-corrected chi connectivity index (χ1v) is 6.50. The molecule has 0 spiro atoms. The van der Waals surface area contributed by atoms with E-state index in [2.05, 4.69) is 28.3 Å². The smallest absolute Gasteiger partial charge is 0.103 e. The molecule has 0 aliphatic heterocycles. The highest BCUT2D eigenvalue weighted by molar-refractivity contribution is 6.31. The molecule has 0 radical (unpaired) electrons. The van der Waals surface area contributed by atoms with Gasteiger partial charge in [-0.15, -0.1) is 0 Å².